The second-order valence-electron chi connectivity index (χ2n) is 3.75. The van der Waals surface area contributed by atoms with Crippen molar-refractivity contribution in [3.63, 3.8) is 0 Å². The number of nitrogens with zero attached hydrogens (tertiary/aromatic N) is 3. The smallest absolute Gasteiger partial charge is 0.358 e. The molecule has 0 spiro atoms. The molecule has 0 radical (unpaired) electrons. The topological polar surface area (TPSA) is 79.8 Å². The minimum Gasteiger partial charge on any atom is -0.358 e. The summed E-state index contributed by atoms with van der Waals surface area (Å²) in [4.78, 5) is 13.7. The van der Waals surface area contributed by atoms with E-state index in [4.69, 9.17) is 5.26 Å². The molecule has 0 aliphatic rings. The van der Waals surface area contributed by atoms with Crippen LogP contribution in [0.4, 0.5) is 5.82 Å². The van der Waals surface area contributed by atoms with Crippen molar-refractivity contribution < 1.29 is 4.92 Å². The first-order chi connectivity index (χ1) is 8.70. The average Bonchev–Trinajstić information content (AvgIpc) is 2.39. The van der Waals surface area contributed by atoms with E-state index >= 15 is 0 Å². The molecule has 5 heteroatoms. The van der Waals surface area contributed by atoms with Crippen LogP contribution in [0.1, 0.15) is 16.7 Å². The van der Waals surface area contributed by atoms with Crippen molar-refractivity contribution in [3.05, 3.63) is 69.4 Å². The third-order valence-corrected chi connectivity index (χ3v) is 2.47. The molecular weight excluding hydrogens is 230 g/mol. The van der Waals surface area contributed by atoms with Gasteiger partial charge in [0.2, 0.25) is 0 Å². The molecule has 0 saturated carbocycles. The summed E-state index contributed by atoms with van der Waals surface area (Å²) in [5, 5.41) is 19.5. The lowest BCUT2D eigenvalue weighted by Crippen LogP contribution is -1.98. The SMILES string of the molecule is N#Cc1cc(Cc2ccccc2)cnc1[N+](=O)[O-]. The highest BCUT2D eigenvalue weighted by atomic mass is 16.6. The number of rotatable bonds is 3. The van der Waals surface area contributed by atoms with Gasteiger partial charge in [0.05, 0.1) is 0 Å². The van der Waals surface area contributed by atoms with E-state index in [0.717, 1.165) is 11.1 Å². The van der Waals surface area contributed by atoms with Crippen LogP contribution in [0, 0.1) is 21.4 Å². The minimum absolute atomic E-state index is 0.00608. The molecule has 1 aromatic heterocycles. The highest BCUT2D eigenvalue weighted by molar-refractivity contribution is 5.45. The number of hydrogen-bond acceptors (Lipinski definition) is 4. The highest BCUT2D eigenvalue weighted by Crippen LogP contribution is 2.17. The summed E-state index contributed by atoms with van der Waals surface area (Å²) < 4.78 is 0. The number of benzene rings is 1. The van der Waals surface area contributed by atoms with Crippen LogP contribution < -0.4 is 0 Å². The maximum Gasteiger partial charge on any atom is 0.381 e. The third-order valence-electron chi connectivity index (χ3n) is 2.47. The van der Waals surface area contributed by atoms with Crippen LogP contribution in [0.2, 0.25) is 0 Å². The highest BCUT2D eigenvalue weighted by Gasteiger charge is 2.15. The molecule has 0 aliphatic carbocycles. The van der Waals surface area contributed by atoms with Crippen molar-refractivity contribution in [1.29, 1.82) is 5.26 Å². The Hall–Kier alpha value is -2.74. The second kappa shape index (κ2) is 5.06. The van der Waals surface area contributed by atoms with Crippen molar-refractivity contribution in [1.82, 2.24) is 4.98 Å². The zero-order chi connectivity index (χ0) is 13.0. The maximum absolute atomic E-state index is 10.6. The predicted octanol–water partition coefficient (Wildman–Crippen LogP) is 2.45. The minimum atomic E-state index is -0.648. The van der Waals surface area contributed by atoms with E-state index in [1.807, 2.05) is 30.3 Å². The maximum atomic E-state index is 10.6. The molecule has 0 unspecified atom stereocenters. The summed E-state index contributed by atoms with van der Waals surface area (Å²) in [6.07, 6.45) is 2.03. The third kappa shape index (κ3) is 2.50. The van der Waals surface area contributed by atoms with Crippen molar-refractivity contribution in [3.8, 4) is 6.07 Å². The first-order valence-electron chi connectivity index (χ1n) is 5.28. The van der Waals surface area contributed by atoms with Crippen molar-refractivity contribution in [2.24, 2.45) is 0 Å². The molecule has 0 bridgehead atoms. The van der Waals surface area contributed by atoms with Crippen LogP contribution in [0.3, 0.4) is 0 Å². The Morgan fingerprint density at radius 1 is 1.28 bits per heavy atom. The zero-order valence-electron chi connectivity index (χ0n) is 9.41. The average molecular weight is 239 g/mol. The fourth-order valence-corrected chi connectivity index (χ4v) is 1.66. The summed E-state index contributed by atoms with van der Waals surface area (Å²) in [6, 6.07) is 13.0. The van der Waals surface area contributed by atoms with Crippen LogP contribution in [-0.4, -0.2) is 9.91 Å². The number of nitriles is 1. The first-order valence-corrected chi connectivity index (χ1v) is 5.28. The molecule has 0 aliphatic heterocycles. The van der Waals surface area contributed by atoms with Crippen molar-refractivity contribution in [2.45, 2.75) is 6.42 Å². The van der Waals surface area contributed by atoms with Crippen LogP contribution in [-0.2, 0) is 6.42 Å². The van der Waals surface area contributed by atoms with Gasteiger partial charge in [0.15, 0.2) is 0 Å². The van der Waals surface area contributed by atoms with Crippen LogP contribution in [0.25, 0.3) is 0 Å². The Bertz CT molecular complexity index is 618. The van der Waals surface area contributed by atoms with E-state index in [1.165, 1.54) is 12.3 Å². The second-order valence-corrected chi connectivity index (χ2v) is 3.75. The Kier molecular flexibility index (Phi) is 3.30. The largest absolute Gasteiger partial charge is 0.381 e. The molecule has 0 saturated heterocycles. The van der Waals surface area contributed by atoms with Gasteiger partial charge in [-0.05, 0) is 21.5 Å². The van der Waals surface area contributed by atoms with Crippen molar-refractivity contribution in [2.75, 3.05) is 0 Å². The first kappa shape index (κ1) is 11.7. The van der Waals surface area contributed by atoms with Crippen LogP contribution >= 0.6 is 0 Å². The lowest BCUT2D eigenvalue weighted by molar-refractivity contribution is -0.389. The summed E-state index contributed by atoms with van der Waals surface area (Å²) >= 11 is 0. The van der Waals surface area contributed by atoms with Gasteiger partial charge in [-0.3, -0.25) is 0 Å². The van der Waals surface area contributed by atoms with E-state index < -0.39 is 10.7 Å². The molecule has 0 fully saturated rings. The molecule has 0 atom stereocenters. The molecule has 1 aromatic carbocycles. The Morgan fingerprint density at radius 3 is 2.61 bits per heavy atom. The normalized spacial score (nSPS) is 9.72. The van der Waals surface area contributed by atoms with Crippen LogP contribution in [0.15, 0.2) is 42.6 Å². The Labute approximate surface area is 103 Å². The Morgan fingerprint density at radius 2 is 2.00 bits per heavy atom. The molecule has 5 nitrogen and oxygen atoms in total. The quantitative estimate of drug-likeness (QED) is 0.608. The van der Waals surface area contributed by atoms with Gasteiger partial charge in [0.25, 0.3) is 0 Å². The van der Waals surface area contributed by atoms with E-state index in [2.05, 4.69) is 4.98 Å². The Balaban J connectivity index is 2.32. The summed E-state index contributed by atoms with van der Waals surface area (Å²) in [5.74, 6) is -0.394. The number of nitro groups is 1. The number of aromatic nitrogens is 1. The van der Waals surface area contributed by atoms with Crippen molar-refractivity contribution >= 4 is 5.82 Å². The molecule has 88 valence electrons. The molecule has 18 heavy (non-hydrogen) atoms. The van der Waals surface area contributed by atoms with Crippen LogP contribution in [0.5, 0.6) is 0 Å². The predicted molar refractivity (Wildman–Crippen MR) is 64.9 cm³/mol. The molecule has 0 N–H and O–H groups in total. The van der Waals surface area contributed by atoms with E-state index in [-0.39, 0.29) is 5.56 Å². The molecule has 2 rings (SSSR count). The van der Waals surface area contributed by atoms with Gasteiger partial charge in [-0.1, -0.05) is 30.3 Å². The van der Waals surface area contributed by atoms with E-state index in [1.54, 1.807) is 6.07 Å². The van der Waals surface area contributed by atoms with E-state index in [9.17, 15) is 10.1 Å². The monoisotopic (exact) mass is 239 g/mol. The standard InChI is InChI=1S/C13H9N3O2/c14-8-12-7-11(9-15-13(12)16(17)18)6-10-4-2-1-3-5-10/h1-5,7,9H,6H2. The summed E-state index contributed by atoms with van der Waals surface area (Å²) in [7, 11) is 0. The molecule has 2 aromatic rings. The number of pyridine rings is 1. The van der Waals surface area contributed by atoms with Gasteiger partial charge in [-0.2, -0.15) is 5.26 Å². The van der Waals surface area contributed by atoms with Gasteiger partial charge in [0.1, 0.15) is 17.8 Å². The summed E-state index contributed by atoms with van der Waals surface area (Å²) in [5.41, 5.74) is 1.84. The molecular formula is C13H9N3O2. The van der Waals surface area contributed by atoms with Gasteiger partial charge in [-0.25, -0.2) is 0 Å². The van der Waals surface area contributed by atoms with Gasteiger partial charge >= 0.3 is 5.82 Å². The van der Waals surface area contributed by atoms with Gasteiger partial charge in [-0.15, -0.1) is 0 Å². The van der Waals surface area contributed by atoms with E-state index in [0.29, 0.717) is 6.42 Å². The fourth-order valence-electron chi connectivity index (χ4n) is 1.66. The number of hydrogen-bond donors (Lipinski definition) is 0. The molecule has 0 amide bonds. The zero-order valence-corrected chi connectivity index (χ0v) is 9.41. The molecule has 1 heterocycles. The van der Waals surface area contributed by atoms with Gasteiger partial charge in [0, 0.05) is 12.0 Å². The van der Waals surface area contributed by atoms with Gasteiger partial charge < -0.3 is 10.1 Å². The summed E-state index contributed by atoms with van der Waals surface area (Å²) in [6.45, 7) is 0. The fraction of sp³-hybridized carbons (Fsp3) is 0.0769. The lowest BCUT2D eigenvalue weighted by Gasteiger charge is -2.01. The lowest BCUT2D eigenvalue weighted by atomic mass is 10.1.